The van der Waals surface area contributed by atoms with Crippen LogP contribution in [0, 0.1) is 4.77 Å². The molecule has 2 unspecified atom stereocenters. The molecule has 2 aromatic rings. The summed E-state index contributed by atoms with van der Waals surface area (Å²) in [5.74, 6) is 0.701. The number of imidazole rings is 1. The maximum absolute atomic E-state index is 11.2. The van der Waals surface area contributed by atoms with Gasteiger partial charge in [0.2, 0.25) is 0 Å². The van der Waals surface area contributed by atoms with Crippen molar-refractivity contribution in [1.29, 1.82) is 0 Å². The van der Waals surface area contributed by atoms with Crippen LogP contribution in [-0.4, -0.2) is 25.8 Å². The van der Waals surface area contributed by atoms with Crippen molar-refractivity contribution in [3.63, 3.8) is 0 Å². The lowest BCUT2D eigenvalue weighted by atomic mass is 10.2. The first-order valence-corrected chi connectivity index (χ1v) is 8.61. The van der Waals surface area contributed by atoms with E-state index in [2.05, 4.69) is 32.4 Å². The van der Waals surface area contributed by atoms with E-state index < -0.39 is 10.8 Å². The topological polar surface area (TPSA) is 37.8 Å². The minimum atomic E-state index is -0.757. The third kappa shape index (κ3) is 2.92. The number of nitrogens with one attached hydrogen (secondary N) is 1. The number of fused-ring (bicyclic) bond motifs is 1. The van der Waals surface area contributed by atoms with E-state index in [4.69, 9.17) is 12.2 Å². The van der Waals surface area contributed by atoms with Gasteiger partial charge in [-0.05, 0) is 43.8 Å². The second-order valence-corrected chi connectivity index (χ2v) is 7.23. The molecule has 2 atom stereocenters. The maximum Gasteiger partial charge on any atom is 0.178 e. The van der Waals surface area contributed by atoms with Crippen LogP contribution in [0.5, 0.6) is 0 Å². The third-order valence-electron chi connectivity index (χ3n) is 2.94. The summed E-state index contributed by atoms with van der Waals surface area (Å²) >= 11 is 8.82. The molecule has 18 heavy (non-hydrogen) atoms. The van der Waals surface area contributed by atoms with Crippen molar-refractivity contribution in [1.82, 2.24) is 9.55 Å². The van der Waals surface area contributed by atoms with E-state index in [0.29, 0.717) is 5.75 Å². The Balaban J connectivity index is 2.41. The van der Waals surface area contributed by atoms with Crippen molar-refractivity contribution in [2.45, 2.75) is 19.4 Å². The van der Waals surface area contributed by atoms with E-state index >= 15 is 0 Å². The SMILES string of the molecule is CC(CCS(C)=O)n1c(=S)[nH]c2cc(Br)ccc21. The van der Waals surface area contributed by atoms with Crippen molar-refractivity contribution < 1.29 is 4.21 Å². The van der Waals surface area contributed by atoms with Crippen LogP contribution < -0.4 is 0 Å². The number of aromatic nitrogens is 2. The second kappa shape index (κ2) is 5.67. The Bertz CT molecular complexity index is 647. The molecule has 0 aliphatic rings. The summed E-state index contributed by atoms with van der Waals surface area (Å²) < 4.78 is 15.0. The highest BCUT2D eigenvalue weighted by molar-refractivity contribution is 9.10. The Morgan fingerprint density at radius 3 is 2.94 bits per heavy atom. The van der Waals surface area contributed by atoms with Crippen LogP contribution in [0.25, 0.3) is 11.0 Å². The van der Waals surface area contributed by atoms with Crippen LogP contribution in [-0.2, 0) is 10.8 Å². The summed E-state index contributed by atoms with van der Waals surface area (Å²) in [6.07, 6.45) is 2.60. The molecular formula is C12H15BrN2OS2. The van der Waals surface area contributed by atoms with E-state index in [1.807, 2.05) is 18.2 Å². The molecule has 0 spiro atoms. The van der Waals surface area contributed by atoms with Gasteiger partial charge in [0.25, 0.3) is 0 Å². The van der Waals surface area contributed by atoms with Crippen molar-refractivity contribution >= 4 is 50.0 Å². The number of halogens is 1. The van der Waals surface area contributed by atoms with Crippen molar-refractivity contribution in [3.8, 4) is 0 Å². The van der Waals surface area contributed by atoms with Crippen molar-refractivity contribution in [2.24, 2.45) is 0 Å². The Morgan fingerprint density at radius 2 is 2.28 bits per heavy atom. The van der Waals surface area contributed by atoms with Crippen LogP contribution in [0.4, 0.5) is 0 Å². The van der Waals surface area contributed by atoms with Gasteiger partial charge in [-0.15, -0.1) is 0 Å². The summed E-state index contributed by atoms with van der Waals surface area (Å²) in [7, 11) is -0.757. The molecule has 0 radical (unpaired) electrons. The van der Waals surface area contributed by atoms with Gasteiger partial charge in [0.05, 0.1) is 11.0 Å². The zero-order chi connectivity index (χ0) is 13.3. The largest absolute Gasteiger partial charge is 0.331 e. The van der Waals surface area contributed by atoms with E-state index in [0.717, 1.165) is 26.7 Å². The van der Waals surface area contributed by atoms with E-state index in [1.165, 1.54) is 0 Å². The highest BCUT2D eigenvalue weighted by atomic mass is 79.9. The number of rotatable bonds is 4. The van der Waals surface area contributed by atoms with Crippen LogP contribution in [0.3, 0.4) is 0 Å². The molecule has 0 amide bonds. The minimum Gasteiger partial charge on any atom is -0.331 e. The normalized spacial score (nSPS) is 14.8. The molecule has 2 rings (SSSR count). The lowest BCUT2D eigenvalue weighted by Gasteiger charge is -2.13. The molecule has 98 valence electrons. The van der Waals surface area contributed by atoms with Crippen LogP contribution >= 0.6 is 28.1 Å². The molecule has 1 N–H and O–H groups in total. The summed E-state index contributed by atoms with van der Waals surface area (Å²) in [5.41, 5.74) is 2.12. The number of benzene rings is 1. The van der Waals surface area contributed by atoms with E-state index in [1.54, 1.807) is 6.26 Å². The predicted octanol–water partition coefficient (Wildman–Crippen LogP) is 3.79. The molecule has 0 saturated carbocycles. The molecule has 1 heterocycles. The van der Waals surface area contributed by atoms with Gasteiger partial charge in [-0.3, -0.25) is 4.21 Å². The van der Waals surface area contributed by atoms with Gasteiger partial charge < -0.3 is 9.55 Å². The molecular weight excluding hydrogens is 332 g/mol. The van der Waals surface area contributed by atoms with Gasteiger partial charge >= 0.3 is 0 Å². The first-order chi connectivity index (χ1) is 8.49. The molecule has 6 heteroatoms. The fourth-order valence-electron chi connectivity index (χ4n) is 2.01. The first kappa shape index (κ1) is 14.0. The Morgan fingerprint density at radius 1 is 1.56 bits per heavy atom. The Labute approximate surface area is 122 Å². The van der Waals surface area contributed by atoms with Crippen molar-refractivity contribution in [2.75, 3.05) is 12.0 Å². The van der Waals surface area contributed by atoms with Gasteiger partial charge in [-0.2, -0.15) is 0 Å². The van der Waals surface area contributed by atoms with E-state index in [-0.39, 0.29) is 6.04 Å². The molecule has 0 aliphatic carbocycles. The van der Waals surface area contributed by atoms with Gasteiger partial charge in [-0.25, -0.2) is 0 Å². The second-order valence-electron chi connectivity index (χ2n) is 4.38. The van der Waals surface area contributed by atoms with Gasteiger partial charge in [0.15, 0.2) is 4.77 Å². The molecule has 0 fully saturated rings. The fourth-order valence-corrected chi connectivity index (χ4v) is 3.43. The zero-order valence-corrected chi connectivity index (χ0v) is 13.5. The lowest BCUT2D eigenvalue weighted by molar-refractivity contribution is 0.539. The highest BCUT2D eigenvalue weighted by Crippen LogP contribution is 2.24. The minimum absolute atomic E-state index is 0.247. The summed E-state index contributed by atoms with van der Waals surface area (Å²) in [5, 5.41) is 0. The summed E-state index contributed by atoms with van der Waals surface area (Å²) in [6.45, 7) is 2.11. The fraction of sp³-hybridized carbons (Fsp3) is 0.417. The maximum atomic E-state index is 11.2. The number of aromatic amines is 1. The molecule has 0 saturated heterocycles. The third-order valence-corrected chi connectivity index (χ3v) is 4.55. The molecule has 1 aromatic heterocycles. The Hall–Kier alpha value is -0.460. The monoisotopic (exact) mass is 346 g/mol. The standard InChI is InChI=1S/C12H15BrN2OS2/c1-8(5-6-18(2)16)15-11-4-3-9(13)7-10(11)14-12(15)17/h3-4,7-8H,5-6H2,1-2H3,(H,14,17). The highest BCUT2D eigenvalue weighted by Gasteiger charge is 2.11. The molecule has 0 aliphatic heterocycles. The van der Waals surface area contributed by atoms with Gasteiger partial charge in [0, 0.05) is 33.3 Å². The molecule has 1 aromatic carbocycles. The first-order valence-electron chi connectivity index (χ1n) is 5.69. The lowest BCUT2D eigenvalue weighted by Crippen LogP contribution is -2.09. The molecule has 0 bridgehead atoms. The average Bonchev–Trinajstić information content (AvgIpc) is 2.61. The summed E-state index contributed by atoms with van der Waals surface area (Å²) in [6, 6.07) is 6.32. The van der Waals surface area contributed by atoms with Gasteiger partial charge in [-0.1, -0.05) is 15.9 Å². The van der Waals surface area contributed by atoms with E-state index in [9.17, 15) is 4.21 Å². The Kier molecular flexibility index (Phi) is 4.40. The summed E-state index contributed by atoms with van der Waals surface area (Å²) in [4.78, 5) is 3.21. The predicted molar refractivity (Wildman–Crippen MR) is 83.1 cm³/mol. The average molecular weight is 347 g/mol. The number of hydrogen-bond donors (Lipinski definition) is 1. The van der Waals surface area contributed by atoms with Crippen LogP contribution in [0.2, 0.25) is 0 Å². The quantitative estimate of drug-likeness (QED) is 0.855. The smallest absolute Gasteiger partial charge is 0.178 e. The van der Waals surface area contributed by atoms with Crippen LogP contribution in [0.1, 0.15) is 19.4 Å². The number of H-pyrrole nitrogens is 1. The van der Waals surface area contributed by atoms with Crippen molar-refractivity contribution in [3.05, 3.63) is 27.4 Å². The molecule has 3 nitrogen and oxygen atoms in total. The van der Waals surface area contributed by atoms with Crippen LogP contribution in [0.15, 0.2) is 22.7 Å². The zero-order valence-electron chi connectivity index (χ0n) is 10.3. The van der Waals surface area contributed by atoms with Gasteiger partial charge in [0.1, 0.15) is 0 Å². The number of nitrogens with zero attached hydrogens (tertiary/aromatic N) is 1. The number of hydrogen-bond acceptors (Lipinski definition) is 2.